The van der Waals surface area contributed by atoms with Gasteiger partial charge >= 0.3 is 0 Å². The number of nitrogens with zero attached hydrogens (tertiary/aromatic N) is 1. The average molecular weight is 286 g/mol. The molecule has 2 fully saturated rings. The van der Waals surface area contributed by atoms with Crippen LogP contribution in [-0.2, 0) is 11.2 Å². The third kappa shape index (κ3) is 3.85. The van der Waals surface area contributed by atoms with Crippen LogP contribution in [0.2, 0.25) is 0 Å². The highest BCUT2D eigenvalue weighted by Gasteiger charge is 2.28. The van der Waals surface area contributed by atoms with Gasteiger partial charge in [0.05, 0.1) is 5.92 Å². The Morgan fingerprint density at radius 2 is 1.90 bits per heavy atom. The van der Waals surface area contributed by atoms with Crippen molar-refractivity contribution < 1.29 is 4.79 Å². The van der Waals surface area contributed by atoms with Gasteiger partial charge in [-0.05, 0) is 50.1 Å². The first-order chi connectivity index (χ1) is 10.3. The smallest absolute Gasteiger partial charge is 0.226 e. The normalized spacial score (nSPS) is 24.0. The molecule has 2 aliphatic rings. The number of amides is 1. The number of hydrogen-bond donors (Lipinski definition) is 1. The molecule has 21 heavy (non-hydrogen) atoms. The number of benzene rings is 1. The predicted octanol–water partition coefficient (Wildman–Crippen LogP) is 2.47. The van der Waals surface area contributed by atoms with E-state index in [9.17, 15) is 4.79 Å². The van der Waals surface area contributed by atoms with Crippen LogP contribution in [0.3, 0.4) is 0 Å². The molecule has 1 unspecified atom stereocenters. The highest BCUT2D eigenvalue weighted by molar-refractivity contribution is 5.79. The lowest BCUT2D eigenvalue weighted by molar-refractivity contribution is -0.137. The maximum Gasteiger partial charge on any atom is 0.226 e. The monoisotopic (exact) mass is 286 g/mol. The second kappa shape index (κ2) is 7.08. The zero-order chi connectivity index (χ0) is 14.5. The average Bonchev–Trinajstić information content (AvgIpc) is 2.57. The number of nitrogens with one attached hydrogen (secondary N) is 1. The number of carbonyl (C=O) groups excluding carboxylic acids is 1. The first kappa shape index (κ1) is 14.6. The van der Waals surface area contributed by atoms with E-state index in [-0.39, 0.29) is 5.92 Å². The minimum Gasteiger partial charge on any atom is -0.342 e. The van der Waals surface area contributed by atoms with Crippen LogP contribution in [0.4, 0.5) is 0 Å². The number of likely N-dealkylation sites (tertiary alicyclic amines) is 1. The van der Waals surface area contributed by atoms with Crippen molar-refractivity contribution in [3.63, 3.8) is 0 Å². The fraction of sp³-hybridized carbons (Fsp3) is 0.611. The van der Waals surface area contributed by atoms with Gasteiger partial charge in [0.2, 0.25) is 5.91 Å². The summed E-state index contributed by atoms with van der Waals surface area (Å²) in [5.74, 6) is 1.35. The van der Waals surface area contributed by atoms with E-state index in [1.54, 1.807) is 0 Å². The van der Waals surface area contributed by atoms with Gasteiger partial charge in [0, 0.05) is 19.6 Å². The summed E-state index contributed by atoms with van der Waals surface area (Å²) in [4.78, 5) is 14.6. The van der Waals surface area contributed by atoms with Gasteiger partial charge in [0.15, 0.2) is 0 Å². The number of piperidine rings is 2. The summed E-state index contributed by atoms with van der Waals surface area (Å²) in [6.45, 7) is 3.85. The SMILES string of the molecule is O=C(C1CCCNC1)N1CCC(Cc2ccccc2)CC1. The molecular weight excluding hydrogens is 260 g/mol. The fourth-order valence-corrected chi connectivity index (χ4v) is 3.63. The summed E-state index contributed by atoms with van der Waals surface area (Å²) in [6.07, 6.45) is 5.67. The molecule has 114 valence electrons. The lowest BCUT2D eigenvalue weighted by Gasteiger charge is -2.35. The third-order valence-corrected chi connectivity index (χ3v) is 4.94. The molecule has 2 saturated heterocycles. The van der Waals surface area contributed by atoms with E-state index in [1.807, 2.05) is 0 Å². The van der Waals surface area contributed by atoms with Crippen LogP contribution in [0.5, 0.6) is 0 Å². The van der Waals surface area contributed by atoms with Gasteiger partial charge in [0.25, 0.3) is 0 Å². The van der Waals surface area contributed by atoms with E-state index < -0.39 is 0 Å². The molecule has 3 nitrogen and oxygen atoms in total. The van der Waals surface area contributed by atoms with Crippen molar-refractivity contribution in [2.24, 2.45) is 11.8 Å². The topological polar surface area (TPSA) is 32.3 Å². The second-order valence-corrected chi connectivity index (χ2v) is 6.50. The van der Waals surface area contributed by atoms with Crippen LogP contribution in [0.15, 0.2) is 30.3 Å². The molecule has 1 N–H and O–H groups in total. The summed E-state index contributed by atoms with van der Waals surface area (Å²) in [7, 11) is 0. The molecule has 0 bridgehead atoms. The van der Waals surface area contributed by atoms with Crippen molar-refractivity contribution in [3.8, 4) is 0 Å². The Morgan fingerprint density at radius 3 is 2.57 bits per heavy atom. The Labute approximate surface area is 127 Å². The van der Waals surface area contributed by atoms with Gasteiger partial charge in [-0.15, -0.1) is 0 Å². The van der Waals surface area contributed by atoms with Gasteiger partial charge in [-0.3, -0.25) is 4.79 Å². The minimum atomic E-state index is 0.226. The number of rotatable bonds is 3. The molecule has 0 spiro atoms. The lowest BCUT2D eigenvalue weighted by atomic mass is 9.89. The summed E-state index contributed by atoms with van der Waals surface area (Å²) in [6, 6.07) is 10.7. The predicted molar refractivity (Wildman–Crippen MR) is 85.0 cm³/mol. The molecule has 0 aliphatic carbocycles. The van der Waals surface area contributed by atoms with Gasteiger partial charge in [-0.2, -0.15) is 0 Å². The van der Waals surface area contributed by atoms with Crippen molar-refractivity contribution in [3.05, 3.63) is 35.9 Å². The zero-order valence-corrected chi connectivity index (χ0v) is 12.8. The van der Waals surface area contributed by atoms with Crippen LogP contribution in [-0.4, -0.2) is 37.0 Å². The van der Waals surface area contributed by atoms with E-state index in [0.29, 0.717) is 5.91 Å². The fourth-order valence-electron chi connectivity index (χ4n) is 3.63. The van der Waals surface area contributed by atoms with Gasteiger partial charge in [-0.25, -0.2) is 0 Å². The molecule has 0 saturated carbocycles. The zero-order valence-electron chi connectivity index (χ0n) is 12.8. The lowest BCUT2D eigenvalue weighted by Crippen LogP contribution is -2.46. The molecular formula is C18H26N2O. The van der Waals surface area contributed by atoms with Crippen molar-refractivity contribution in [1.82, 2.24) is 10.2 Å². The van der Waals surface area contributed by atoms with Gasteiger partial charge < -0.3 is 10.2 Å². The Morgan fingerprint density at radius 1 is 1.14 bits per heavy atom. The maximum absolute atomic E-state index is 12.5. The molecule has 1 aromatic carbocycles. The summed E-state index contributed by atoms with van der Waals surface area (Å²) in [5, 5.41) is 3.35. The Kier molecular flexibility index (Phi) is 4.91. The molecule has 1 amide bonds. The summed E-state index contributed by atoms with van der Waals surface area (Å²) >= 11 is 0. The highest BCUT2D eigenvalue weighted by Crippen LogP contribution is 2.24. The van der Waals surface area contributed by atoms with Crippen LogP contribution in [0.25, 0.3) is 0 Å². The van der Waals surface area contributed by atoms with Crippen molar-refractivity contribution in [1.29, 1.82) is 0 Å². The van der Waals surface area contributed by atoms with E-state index in [2.05, 4.69) is 40.5 Å². The molecule has 2 aliphatic heterocycles. The standard InChI is InChI=1S/C18H26N2O/c21-18(17-7-4-10-19-14-17)20-11-8-16(9-12-20)13-15-5-2-1-3-6-15/h1-3,5-6,16-17,19H,4,7-14H2. The van der Waals surface area contributed by atoms with E-state index in [4.69, 9.17) is 0 Å². The Balaban J connectivity index is 1.47. The molecule has 1 aromatic rings. The van der Waals surface area contributed by atoms with Crippen LogP contribution < -0.4 is 5.32 Å². The van der Waals surface area contributed by atoms with E-state index in [0.717, 1.165) is 64.2 Å². The van der Waals surface area contributed by atoms with Gasteiger partial charge in [-0.1, -0.05) is 30.3 Å². The highest BCUT2D eigenvalue weighted by atomic mass is 16.2. The van der Waals surface area contributed by atoms with Crippen molar-refractivity contribution in [2.45, 2.75) is 32.1 Å². The molecule has 0 radical (unpaired) electrons. The Hall–Kier alpha value is -1.35. The molecule has 0 aromatic heterocycles. The van der Waals surface area contributed by atoms with Crippen LogP contribution >= 0.6 is 0 Å². The molecule has 2 heterocycles. The minimum absolute atomic E-state index is 0.226. The van der Waals surface area contributed by atoms with Crippen molar-refractivity contribution in [2.75, 3.05) is 26.2 Å². The molecule has 1 atom stereocenters. The quantitative estimate of drug-likeness (QED) is 0.926. The van der Waals surface area contributed by atoms with E-state index in [1.165, 1.54) is 5.56 Å². The third-order valence-electron chi connectivity index (χ3n) is 4.94. The van der Waals surface area contributed by atoms with E-state index >= 15 is 0 Å². The van der Waals surface area contributed by atoms with Gasteiger partial charge in [0.1, 0.15) is 0 Å². The van der Waals surface area contributed by atoms with Crippen LogP contribution in [0.1, 0.15) is 31.2 Å². The van der Waals surface area contributed by atoms with Crippen LogP contribution in [0, 0.1) is 11.8 Å². The second-order valence-electron chi connectivity index (χ2n) is 6.50. The summed E-state index contributed by atoms with van der Waals surface area (Å²) < 4.78 is 0. The first-order valence-corrected chi connectivity index (χ1v) is 8.36. The maximum atomic E-state index is 12.5. The number of hydrogen-bond acceptors (Lipinski definition) is 2. The molecule has 3 heteroatoms. The first-order valence-electron chi connectivity index (χ1n) is 8.36. The largest absolute Gasteiger partial charge is 0.342 e. The summed E-state index contributed by atoms with van der Waals surface area (Å²) in [5.41, 5.74) is 1.43. The Bertz CT molecular complexity index is 446. The molecule has 3 rings (SSSR count). The number of carbonyl (C=O) groups is 1. The van der Waals surface area contributed by atoms with Crippen molar-refractivity contribution >= 4 is 5.91 Å².